The molecule has 0 spiro atoms. The summed E-state index contributed by atoms with van der Waals surface area (Å²) in [6.45, 7) is 7.00. The third-order valence-electron chi connectivity index (χ3n) is 8.46. The van der Waals surface area contributed by atoms with Crippen molar-refractivity contribution in [3.8, 4) is 5.75 Å². The van der Waals surface area contributed by atoms with Crippen molar-refractivity contribution in [1.29, 1.82) is 0 Å². The van der Waals surface area contributed by atoms with Crippen LogP contribution in [0.1, 0.15) is 80.2 Å². The average molecular weight is 558 g/mol. The molecule has 0 radical (unpaired) electrons. The van der Waals surface area contributed by atoms with E-state index in [0.29, 0.717) is 24.1 Å². The number of benzene rings is 1. The number of pyridine rings is 1. The van der Waals surface area contributed by atoms with Gasteiger partial charge in [-0.15, -0.1) is 11.3 Å². The summed E-state index contributed by atoms with van der Waals surface area (Å²) in [6.07, 6.45) is 8.56. The SMILES string of the molecule is CCC(CC)c1cc2cnc(Nc3ccc(OC4CCN(C)CC4)cc3)nc2n(Cc2sccc2C2CC2)c1=O. The van der Waals surface area contributed by atoms with Crippen LogP contribution in [-0.4, -0.2) is 45.7 Å². The molecule has 0 amide bonds. The number of piperidine rings is 1. The number of likely N-dealkylation sites (tertiary alicyclic amines) is 1. The highest BCUT2D eigenvalue weighted by Crippen LogP contribution is 2.43. The number of nitrogens with zero attached hydrogens (tertiary/aromatic N) is 4. The Bertz CT molecular complexity index is 1510. The first kappa shape index (κ1) is 27.0. The van der Waals surface area contributed by atoms with Gasteiger partial charge in [-0.3, -0.25) is 9.36 Å². The first-order valence-corrected chi connectivity index (χ1v) is 15.6. The van der Waals surface area contributed by atoms with E-state index in [4.69, 9.17) is 9.72 Å². The maximum atomic E-state index is 13.9. The van der Waals surface area contributed by atoms with Crippen LogP contribution in [-0.2, 0) is 6.54 Å². The summed E-state index contributed by atoms with van der Waals surface area (Å²) in [5.74, 6) is 2.23. The molecule has 4 aromatic rings. The summed E-state index contributed by atoms with van der Waals surface area (Å²) < 4.78 is 8.08. The standard InChI is InChI=1S/C32H39N5O2S/c1-4-21(5-2)28-18-23-19-33-32(34-24-8-10-25(11-9-24)39-26-12-15-36(3)16-13-26)35-30(23)37(31(28)38)20-29-27(14-17-40-29)22-6-7-22/h8-11,14,17-19,21-22,26H,4-7,12-13,15-16,20H2,1-3H3,(H,33,34,35). The van der Waals surface area contributed by atoms with Crippen LogP contribution in [0.15, 0.2) is 52.8 Å². The van der Waals surface area contributed by atoms with E-state index < -0.39 is 0 Å². The van der Waals surface area contributed by atoms with Crippen LogP contribution >= 0.6 is 11.3 Å². The molecule has 0 unspecified atom stereocenters. The summed E-state index contributed by atoms with van der Waals surface area (Å²) in [5.41, 5.74) is 3.89. The summed E-state index contributed by atoms with van der Waals surface area (Å²) in [7, 11) is 2.16. The Morgan fingerprint density at radius 1 is 1.07 bits per heavy atom. The van der Waals surface area contributed by atoms with E-state index in [0.717, 1.165) is 61.2 Å². The summed E-state index contributed by atoms with van der Waals surface area (Å²) in [4.78, 5) is 27.0. The molecule has 1 aliphatic carbocycles. The van der Waals surface area contributed by atoms with E-state index in [1.807, 2.05) is 41.1 Å². The lowest BCUT2D eigenvalue weighted by atomic mass is 9.94. The van der Waals surface area contributed by atoms with Crippen LogP contribution in [0.3, 0.4) is 0 Å². The molecule has 1 N–H and O–H groups in total. The van der Waals surface area contributed by atoms with Gasteiger partial charge in [0.2, 0.25) is 5.95 Å². The average Bonchev–Trinajstić information content (AvgIpc) is 3.71. The van der Waals surface area contributed by atoms with Gasteiger partial charge in [0.1, 0.15) is 17.5 Å². The van der Waals surface area contributed by atoms with Crippen molar-refractivity contribution in [2.24, 2.45) is 0 Å². The van der Waals surface area contributed by atoms with Gasteiger partial charge in [-0.05, 0) is 105 Å². The van der Waals surface area contributed by atoms with Crippen molar-refractivity contribution in [3.05, 3.63) is 74.3 Å². The molecular weight excluding hydrogens is 518 g/mol. The molecule has 6 rings (SSSR count). The van der Waals surface area contributed by atoms with Gasteiger partial charge in [0.25, 0.3) is 5.56 Å². The molecule has 0 atom stereocenters. The Hall–Kier alpha value is -3.23. The highest BCUT2D eigenvalue weighted by molar-refractivity contribution is 7.10. The van der Waals surface area contributed by atoms with Gasteiger partial charge in [-0.2, -0.15) is 4.98 Å². The van der Waals surface area contributed by atoms with Gasteiger partial charge in [0.15, 0.2) is 0 Å². The number of nitrogens with one attached hydrogen (secondary N) is 1. The highest BCUT2D eigenvalue weighted by atomic mass is 32.1. The van der Waals surface area contributed by atoms with Crippen molar-refractivity contribution in [3.63, 3.8) is 0 Å². The van der Waals surface area contributed by atoms with Crippen LogP contribution in [0.2, 0.25) is 0 Å². The van der Waals surface area contributed by atoms with E-state index in [1.54, 1.807) is 11.3 Å². The van der Waals surface area contributed by atoms with Gasteiger partial charge in [0, 0.05) is 40.8 Å². The number of hydrogen-bond donors (Lipinski definition) is 1. The Morgan fingerprint density at radius 3 is 2.52 bits per heavy atom. The molecule has 0 bridgehead atoms. The summed E-state index contributed by atoms with van der Waals surface area (Å²) in [5, 5.41) is 6.40. The van der Waals surface area contributed by atoms with Crippen molar-refractivity contribution < 1.29 is 4.74 Å². The number of thiophene rings is 1. The summed E-state index contributed by atoms with van der Waals surface area (Å²) >= 11 is 1.74. The molecule has 2 fully saturated rings. The number of fused-ring (bicyclic) bond motifs is 1. The van der Waals surface area contributed by atoms with Crippen LogP contribution in [0.4, 0.5) is 11.6 Å². The predicted molar refractivity (Wildman–Crippen MR) is 163 cm³/mol. The third-order valence-corrected chi connectivity index (χ3v) is 9.38. The minimum absolute atomic E-state index is 0.0661. The van der Waals surface area contributed by atoms with Crippen LogP contribution in [0.5, 0.6) is 5.75 Å². The van der Waals surface area contributed by atoms with E-state index in [9.17, 15) is 4.79 Å². The lowest BCUT2D eigenvalue weighted by Crippen LogP contribution is -2.35. The second-order valence-electron chi connectivity index (χ2n) is 11.3. The Kier molecular flexibility index (Phi) is 7.89. The first-order chi connectivity index (χ1) is 19.5. The highest BCUT2D eigenvalue weighted by Gasteiger charge is 2.27. The molecule has 1 aliphatic heterocycles. The molecule has 1 saturated heterocycles. The number of hydrogen-bond acceptors (Lipinski definition) is 7. The van der Waals surface area contributed by atoms with Gasteiger partial charge in [0.05, 0.1) is 6.54 Å². The Labute approximate surface area is 240 Å². The lowest BCUT2D eigenvalue weighted by Gasteiger charge is -2.29. The molecular formula is C32H39N5O2S. The number of anilines is 2. The molecule has 40 heavy (non-hydrogen) atoms. The maximum absolute atomic E-state index is 13.9. The fourth-order valence-electron chi connectivity index (χ4n) is 5.83. The topological polar surface area (TPSA) is 72.3 Å². The predicted octanol–water partition coefficient (Wildman–Crippen LogP) is 6.90. The van der Waals surface area contributed by atoms with E-state index in [-0.39, 0.29) is 17.6 Å². The molecule has 1 aromatic carbocycles. The number of ether oxygens (including phenoxy) is 1. The van der Waals surface area contributed by atoms with E-state index in [2.05, 4.69) is 47.5 Å². The van der Waals surface area contributed by atoms with Crippen molar-refractivity contribution in [2.45, 2.75) is 76.9 Å². The summed E-state index contributed by atoms with van der Waals surface area (Å²) in [6, 6.07) is 12.2. The molecule has 210 valence electrons. The van der Waals surface area contributed by atoms with Gasteiger partial charge in [-0.1, -0.05) is 13.8 Å². The minimum Gasteiger partial charge on any atom is -0.490 e. The Balaban J connectivity index is 1.28. The van der Waals surface area contributed by atoms with E-state index in [1.165, 1.54) is 23.3 Å². The van der Waals surface area contributed by atoms with Gasteiger partial charge in [-0.25, -0.2) is 4.98 Å². The normalized spacial score (nSPS) is 16.6. The van der Waals surface area contributed by atoms with Crippen molar-refractivity contribution in [2.75, 3.05) is 25.5 Å². The lowest BCUT2D eigenvalue weighted by molar-refractivity contribution is 0.114. The van der Waals surface area contributed by atoms with Crippen molar-refractivity contribution in [1.82, 2.24) is 19.4 Å². The van der Waals surface area contributed by atoms with Gasteiger partial charge < -0.3 is 15.0 Å². The molecule has 8 heteroatoms. The zero-order valence-electron chi connectivity index (χ0n) is 23.7. The molecule has 1 saturated carbocycles. The molecule has 3 aromatic heterocycles. The molecule has 7 nitrogen and oxygen atoms in total. The second-order valence-corrected chi connectivity index (χ2v) is 12.3. The smallest absolute Gasteiger partial charge is 0.256 e. The number of rotatable bonds is 10. The quantitative estimate of drug-likeness (QED) is 0.229. The van der Waals surface area contributed by atoms with Crippen LogP contribution in [0, 0.1) is 0 Å². The zero-order valence-corrected chi connectivity index (χ0v) is 24.5. The number of aromatic nitrogens is 3. The fourth-order valence-corrected chi connectivity index (χ4v) is 6.78. The second kappa shape index (κ2) is 11.7. The zero-order chi connectivity index (χ0) is 27.6. The third kappa shape index (κ3) is 5.79. The molecule has 4 heterocycles. The maximum Gasteiger partial charge on any atom is 0.256 e. The van der Waals surface area contributed by atoms with Gasteiger partial charge >= 0.3 is 0 Å². The Morgan fingerprint density at radius 2 is 1.82 bits per heavy atom. The van der Waals surface area contributed by atoms with E-state index >= 15 is 0 Å². The first-order valence-electron chi connectivity index (χ1n) is 14.7. The largest absolute Gasteiger partial charge is 0.490 e. The monoisotopic (exact) mass is 557 g/mol. The molecule has 2 aliphatic rings. The van der Waals surface area contributed by atoms with Crippen LogP contribution in [0.25, 0.3) is 11.0 Å². The van der Waals surface area contributed by atoms with Crippen molar-refractivity contribution >= 4 is 34.0 Å². The fraction of sp³-hybridized carbons (Fsp3) is 0.469. The minimum atomic E-state index is 0.0661. The van der Waals surface area contributed by atoms with Crippen LogP contribution < -0.4 is 15.6 Å².